The summed E-state index contributed by atoms with van der Waals surface area (Å²) in [6, 6.07) is 11.6. The molecule has 3 aromatic rings. The van der Waals surface area contributed by atoms with Gasteiger partial charge in [0.05, 0.1) is 12.8 Å². The third-order valence-corrected chi connectivity index (χ3v) is 5.64. The van der Waals surface area contributed by atoms with Crippen LogP contribution < -0.4 is 10.1 Å². The van der Waals surface area contributed by atoms with E-state index in [1.807, 2.05) is 48.2 Å². The molecule has 2 heterocycles. The van der Waals surface area contributed by atoms with Gasteiger partial charge in [-0.05, 0) is 31.4 Å². The molecule has 6 heteroatoms. The summed E-state index contributed by atoms with van der Waals surface area (Å²) in [5, 5.41) is 4.98. The van der Waals surface area contributed by atoms with Gasteiger partial charge in [-0.15, -0.1) is 0 Å². The van der Waals surface area contributed by atoms with E-state index in [1.165, 1.54) is 0 Å². The minimum atomic E-state index is -0.114. The summed E-state index contributed by atoms with van der Waals surface area (Å²) in [6.07, 6.45) is 2.78. The molecular weight excluding hydrogens is 368 g/mol. The highest BCUT2D eigenvalue weighted by molar-refractivity contribution is 6.07. The number of carbonyl (C=O) groups is 2. The van der Waals surface area contributed by atoms with Crippen LogP contribution in [0.3, 0.4) is 0 Å². The maximum Gasteiger partial charge on any atom is 0.227 e. The van der Waals surface area contributed by atoms with Crippen molar-refractivity contribution in [3.05, 3.63) is 36.4 Å². The number of furan rings is 1. The molecule has 152 valence electrons. The lowest BCUT2D eigenvalue weighted by Crippen LogP contribution is -2.41. The van der Waals surface area contributed by atoms with Crippen molar-refractivity contribution in [3.8, 4) is 5.75 Å². The molecule has 4 rings (SSSR count). The number of benzene rings is 2. The fourth-order valence-corrected chi connectivity index (χ4v) is 4.02. The number of methoxy groups -OCH3 is 1. The number of hydrogen-bond acceptors (Lipinski definition) is 4. The molecule has 0 saturated carbocycles. The first-order valence-corrected chi connectivity index (χ1v) is 10.2. The first kappa shape index (κ1) is 19.3. The SMILES string of the molecule is CCCC(=O)N1CCC(C(=O)Nc2cc3oc4ccccc4c3cc2OC)CC1. The van der Waals surface area contributed by atoms with Crippen LogP contribution in [0, 0.1) is 5.92 Å². The van der Waals surface area contributed by atoms with Crippen LogP contribution in [0.1, 0.15) is 32.6 Å². The number of hydrogen-bond donors (Lipinski definition) is 1. The van der Waals surface area contributed by atoms with Gasteiger partial charge in [-0.2, -0.15) is 0 Å². The number of anilines is 1. The van der Waals surface area contributed by atoms with Crippen molar-refractivity contribution in [3.63, 3.8) is 0 Å². The van der Waals surface area contributed by atoms with Crippen LogP contribution in [-0.2, 0) is 9.59 Å². The molecule has 2 amide bonds. The van der Waals surface area contributed by atoms with E-state index in [0.29, 0.717) is 49.4 Å². The molecule has 1 aromatic heterocycles. The largest absolute Gasteiger partial charge is 0.495 e. The Morgan fingerprint density at radius 1 is 1.14 bits per heavy atom. The smallest absolute Gasteiger partial charge is 0.227 e. The van der Waals surface area contributed by atoms with E-state index < -0.39 is 0 Å². The highest BCUT2D eigenvalue weighted by Crippen LogP contribution is 2.36. The van der Waals surface area contributed by atoms with Gasteiger partial charge >= 0.3 is 0 Å². The maximum absolute atomic E-state index is 12.8. The fourth-order valence-electron chi connectivity index (χ4n) is 4.02. The van der Waals surface area contributed by atoms with Crippen LogP contribution in [0.2, 0.25) is 0 Å². The Morgan fingerprint density at radius 2 is 1.90 bits per heavy atom. The zero-order valence-corrected chi connectivity index (χ0v) is 16.9. The molecule has 1 fully saturated rings. The topological polar surface area (TPSA) is 71.8 Å². The molecule has 0 unspecified atom stereocenters. The van der Waals surface area contributed by atoms with E-state index in [9.17, 15) is 9.59 Å². The van der Waals surface area contributed by atoms with Crippen molar-refractivity contribution in [1.29, 1.82) is 0 Å². The van der Waals surface area contributed by atoms with E-state index in [1.54, 1.807) is 7.11 Å². The number of para-hydroxylation sites is 1. The number of piperidine rings is 1. The molecule has 1 aliphatic rings. The van der Waals surface area contributed by atoms with Crippen molar-refractivity contribution >= 4 is 39.4 Å². The van der Waals surface area contributed by atoms with Crippen molar-refractivity contribution < 1.29 is 18.7 Å². The van der Waals surface area contributed by atoms with Gasteiger partial charge in [-0.1, -0.05) is 25.1 Å². The van der Waals surface area contributed by atoms with Gasteiger partial charge in [0.15, 0.2) is 0 Å². The number of ether oxygens (including phenoxy) is 1. The third-order valence-electron chi connectivity index (χ3n) is 5.64. The monoisotopic (exact) mass is 394 g/mol. The number of carbonyl (C=O) groups excluding carboxylic acids is 2. The third kappa shape index (κ3) is 3.79. The van der Waals surface area contributed by atoms with E-state index in [0.717, 1.165) is 22.8 Å². The van der Waals surface area contributed by atoms with Crippen LogP contribution in [-0.4, -0.2) is 36.9 Å². The van der Waals surface area contributed by atoms with Crippen LogP contribution in [0.4, 0.5) is 5.69 Å². The number of nitrogens with one attached hydrogen (secondary N) is 1. The van der Waals surface area contributed by atoms with Gasteiger partial charge in [0.2, 0.25) is 11.8 Å². The van der Waals surface area contributed by atoms with Gasteiger partial charge in [-0.3, -0.25) is 9.59 Å². The Morgan fingerprint density at radius 3 is 2.62 bits per heavy atom. The second kappa shape index (κ2) is 8.15. The first-order chi connectivity index (χ1) is 14.1. The number of amides is 2. The number of rotatable bonds is 5. The highest BCUT2D eigenvalue weighted by Gasteiger charge is 2.27. The average molecular weight is 394 g/mol. The summed E-state index contributed by atoms with van der Waals surface area (Å²) in [6.45, 7) is 3.28. The van der Waals surface area contributed by atoms with E-state index in [-0.39, 0.29) is 17.7 Å². The predicted octanol–water partition coefficient (Wildman–Crippen LogP) is 4.57. The number of nitrogens with zero attached hydrogens (tertiary/aromatic N) is 1. The lowest BCUT2D eigenvalue weighted by Gasteiger charge is -2.31. The number of likely N-dealkylation sites (tertiary alicyclic amines) is 1. The summed E-state index contributed by atoms with van der Waals surface area (Å²) < 4.78 is 11.5. The normalized spacial score (nSPS) is 15.0. The van der Waals surface area contributed by atoms with Gasteiger partial charge in [0, 0.05) is 42.3 Å². The molecule has 1 saturated heterocycles. The second-order valence-corrected chi connectivity index (χ2v) is 7.54. The van der Waals surface area contributed by atoms with E-state index >= 15 is 0 Å². The van der Waals surface area contributed by atoms with Crippen molar-refractivity contribution in [1.82, 2.24) is 4.90 Å². The van der Waals surface area contributed by atoms with Crippen molar-refractivity contribution in [2.45, 2.75) is 32.6 Å². The van der Waals surface area contributed by atoms with Crippen LogP contribution >= 0.6 is 0 Å². The summed E-state index contributed by atoms with van der Waals surface area (Å²) in [5.74, 6) is 0.634. The van der Waals surface area contributed by atoms with Crippen molar-refractivity contribution in [2.24, 2.45) is 5.92 Å². The summed E-state index contributed by atoms with van der Waals surface area (Å²) in [4.78, 5) is 26.8. The predicted molar refractivity (Wildman–Crippen MR) is 113 cm³/mol. The second-order valence-electron chi connectivity index (χ2n) is 7.54. The van der Waals surface area contributed by atoms with Crippen molar-refractivity contribution in [2.75, 3.05) is 25.5 Å². The zero-order chi connectivity index (χ0) is 20.4. The van der Waals surface area contributed by atoms with E-state index in [4.69, 9.17) is 9.15 Å². The molecule has 29 heavy (non-hydrogen) atoms. The summed E-state index contributed by atoms with van der Waals surface area (Å²) in [7, 11) is 1.59. The Kier molecular flexibility index (Phi) is 5.43. The van der Waals surface area contributed by atoms with Crippen LogP contribution in [0.25, 0.3) is 21.9 Å². The fraction of sp³-hybridized carbons (Fsp3) is 0.391. The maximum atomic E-state index is 12.8. The number of fused-ring (bicyclic) bond motifs is 3. The summed E-state index contributed by atoms with van der Waals surface area (Å²) in [5.41, 5.74) is 2.12. The van der Waals surface area contributed by atoms with Gasteiger partial charge < -0.3 is 19.4 Å². The quantitative estimate of drug-likeness (QED) is 0.688. The molecule has 2 aromatic carbocycles. The molecule has 1 N–H and O–H groups in total. The molecular formula is C23H26N2O4. The summed E-state index contributed by atoms with van der Waals surface area (Å²) >= 11 is 0. The van der Waals surface area contributed by atoms with E-state index in [2.05, 4.69) is 5.32 Å². The zero-order valence-electron chi connectivity index (χ0n) is 16.9. The Labute approximate surface area is 169 Å². The Balaban J connectivity index is 1.51. The van der Waals surface area contributed by atoms with Crippen LogP contribution in [0.15, 0.2) is 40.8 Å². The molecule has 0 bridgehead atoms. The Hall–Kier alpha value is -3.02. The van der Waals surface area contributed by atoms with Gasteiger partial charge in [0.1, 0.15) is 16.9 Å². The van der Waals surface area contributed by atoms with Crippen LogP contribution in [0.5, 0.6) is 5.75 Å². The Bertz CT molecular complexity index is 1050. The molecule has 0 aliphatic carbocycles. The molecule has 6 nitrogen and oxygen atoms in total. The molecule has 0 radical (unpaired) electrons. The van der Waals surface area contributed by atoms with Gasteiger partial charge in [-0.25, -0.2) is 0 Å². The lowest BCUT2D eigenvalue weighted by atomic mass is 9.95. The first-order valence-electron chi connectivity index (χ1n) is 10.2. The highest BCUT2D eigenvalue weighted by atomic mass is 16.5. The van der Waals surface area contributed by atoms with Gasteiger partial charge in [0.25, 0.3) is 0 Å². The standard InChI is InChI=1S/C23H26N2O4/c1-3-6-22(26)25-11-9-15(10-12-25)23(27)24-18-14-20-17(13-21(18)28-2)16-7-4-5-8-19(16)29-20/h4-5,7-8,13-15H,3,6,9-12H2,1-2H3,(H,24,27). The minimum Gasteiger partial charge on any atom is -0.495 e. The average Bonchev–Trinajstić information content (AvgIpc) is 3.10. The minimum absolute atomic E-state index is 0.0404. The molecule has 0 spiro atoms. The molecule has 0 atom stereocenters. The lowest BCUT2D eigenvalue weighted by molar-refractivity contribution is -0.134. The molecule has 1 aliphatic heterocycles.